The fourth-order valence-corrected chi connectivity index (χ4v) is 12.7. The van der Waals surface area contributed by atoms with Crippen LogP contribution >= 0.6 is 22.7 Å². The minimum atomic E-state index is 0.0589. The molecule has 13 rings (SSSR count). The summed E-state index contributed by atoms with van der Waals surface area (Å²) < 4.78 is 6.44. The molecule has 6 aromatic heterocycles. The van der Waals surface area contributed by atoms with Crippen LogP contribution in [0.4, 0.5) is 34.1 Å². The Kier molecular flexibility index (Phi) is 8.71. The van der Waals surface area contributed by atoms with E-state index in [4.69, 9.17) is 9.97 Å². The summed E-state index contributed by atoms with van der Waals surface area (Å²) >= 11 is 3.80. The SMILES string of the molecule is CC(C)(C)c1ccc(N(c2ccc3cccnc3c2)c2ccc3c(c2)sc2c3c3cccc4c5sc6cc(N(c7ccc(C(C)(C)C)cc7)c7ccc8cccnc8c7)ccc6c5n2c43)cc1. The van der Waals surface area contributed by atoms with E-state index < -0.39 is 0 Å². The maximum Gasteiger partial charge on any atom is 0.109 e. The van der Waals surface area contributed by atoms with E-state index in [0.29, 0.717) is 0 Å². The maximum absolute atomic E-state index is 4.75. The molecule has 5 nitrogen and oxygen atoms in total. The van der Waals surface area contributed by atoms with Crippen molar-refractivity contribution < 1.29 is 0 Å². The first-order chi connectivity index (χ1) is 32.5. The number of thiophene rings is 2. The molecule has 0 saturated carbocycles. The Morgan fingerprint density at radius 2 is 0.896 bits per heavy atom. The molecule has 6 heterocycles. The van der Waals surface area contributed by atoms with Crippen molar-refractivity contribution in [3.63, 3.8) is 0 Å². The zero-order chi connectivity index (χ0) is 45.3. The molecule has 0 amide bonds. The van der Waals surface area contributed by atoms with E-state index in [1.165, 1.54) is 68.0 Å². The second kappa shape index (κ2) is 14.6. The first-order valence-electron chi connectivity index (χ1n) is 23.0. The van der Waals surface area contributed by atoms with Crippen LogP contribution in [0.5, 0.6) is 0 Å². The highest BCUT2D eigenvalue weighted by Gasteiger charge is 2.26. The first-order valence-corrected chi connectivity index (χ1v) is 24.7. The number of pyridine rings is 2. The number of rotatable bonds is 6. The zero-order valence-electron chi connectivity index (χ0n) is 38.3. The fraction of sp³-hybridized carbons (Fsp3) is 0.133. The van der Waals surface area contributed by atoms with Crippen LogP contribution in [0.1, 0.15) is 52.7 Å². The average Bonchev–Trinajstić information content (AvgIpc) is 4.07. The second-order valence-electron chi connectivity index (χ2n) is 20.0. The lowest BCUT2D eigenvalue weighted by Gasteiger charge is -2.27. The molecule has 0 N–H and O–H groups in total. The fourth-order valence-electron chi connectivity index (χ4n) is 10.2. The summed E-state index contributed by atoms with van der Waals surface area (Å²) in [5.41, 5.74) is 14.0. The largest absolute Gasteiger partial charge is 0.310 e. The van der Waals surface area contributed by atoms with Crippen LogP contribution in [0.25, 0.3) is 78.7 Å². The number of nitrogens with zero attached hydrogens (tertiary/aromatic N) is 5. The Morgan fingerprint density at radius 3 is 1.45 bits per heavy atom. The highest BCUT2D eigenvalue weighted by atomic mass is 32.1. The Bertz CT molecular complexity index is 4070. The van der Waals surface area contributed by atoms with Crippen LogP contribution in [0, 0.1) is 0 Å². The van der Waals surface area contributed by atoms with Gasteiger partial charge in [-0.05, 0) is 113 Å². The molecule has 13 aromatic rings. The average molecular weight is 902 g/mol. The third-order valence-electron chi connectivity index (χ3n) is 13.7. The van der Waals surface area contributed by atoms with Crippen LogP contribution in [-0.2, 0) is 10.8 Å². The topological polar surface area (TPSA) is 36.7 Å². The van der Waals surface area contributed by atoms with Gasteiger partial charge in [-0.2, -0.15) is 0 Å². The summed E-state index contributed by atoms with van der Waals surface area (Å²) in [5.74, 6) is 0. The van der Waals surface area contributed by atoms with Crippen LogP contribution in [0.3, 0.4) is 0 Å². The number of para-hydroxylation sites is 1. The summed E-state index contributed by atoms with van der Waals surface area (Å²) in [5, 5.41) is 8.77. The molecule has 324 valence electrons. The summed E-state index contributed by atoms with van der Waals surface area (Å²) in [7, 11) is 0. The van der Waals surface area contributed by atoms with Gasteiger partial charge in [-0.3, -0.25) is 14.4 Å². The van der Waals surface area contributed by atoms with Gasteiger partial charge in [0.2, 0.25) is 0 Å². The Hall–Kier alpha value is -7.32. The van der Waals surface area contributed by atoms with E-state index in [9.17, 15) is 0 Å². The van der Waals surface area contributed by atoms with Crippen molar-refractivity contribution in [3.05, 3.63) is 187 Å². The summed E-state index contributed by atoms with van der Waals surface area (Å²) in [6.07, 6.45) is 3.75. The van der Waals surface area contributed by atoms with E-state index in [1.54, 1.807) is 0 Å². The molecular formula is C60H47N5S2. The third-order valence-corrected chi connectivity index (χ3v) is 16.0. The molecule has 0 saturated heterocycles. The molecule has 7 aromatic carbocycles. The quantitative estimate of drug-likeness (QED) is 0.167. The second-order valence-corrected chi connectivity index (χ2v) is 22.1. The smallest absolute Gasteiger partial charge is 0.109 e. The van der Waals surface area contributed by atoms with Gasteiger partial charge in [0.15, 0.2) is 0 Å². The molecule has 67 heavy (non-hydrogen) atoms. The van der Waals surface area contributed by atoms with E-state index in [2.05, 4.69) is 207 Å². The van der Waals surface area contributed by atoms with Gasteiger partial charge in [-0.15, -0.1) is 22.7 Å². The summed E-state index contributed by atoms with van der Waals surface area (Å²) in [6.45, 7) is 13.6. The molecule has 0 fully saturated rings. The molecule has 0 atom stereocenters. The molecule has 0 bridgehead atoms. The minimum Gasteiger partial charge on any atom is -0.310 e. The predicted octanol–water partition coefficient (Wildman–Crippen LogP) is 17.9. The van der Waals surface area contributed by atoms with Crippen molar-refractivity contribution in [2.75, 3.05) is 9.80 Å². The van der Waals surface area contributed by atoms with Crippen molar-refractivity contribution in [2.24, 2.45) is 0 Å². The number of anilines is 6. The Morgan fingerprint density at radius 1 is 0.418 bits per heavy atom. The Balaban J connectivity index is 0.978. The van der Waals surface area contributed by atoms with Crippen molar-refractivity contribution in [3.8, 4) is 0 Å². The number of aromatic nitrogens is 3. The van der Waals surface area contributed by atoms with Gasteiger partial charge in [0.05, 0.1) is 26.8 Å². The van der Waals surface area contributed by atoms with Gasteiger partial charge < -0.3 is 9.80 Å². The van der Waals surface area contributed by atoms with Gasteiger partial charge in [-0.25, -0.2) is 0 Å². The van der Waals surface area contributed by atoms with Crippen molar-refractivity contribution in [1.82, 2.24) is 14.4 Å². The van der Waals surface area contributed by atoms with E-state index in [-0.39, 0.29) is 10.8 Å². The number of hydrogen-bond acceptors (Lipinski definition) is 6. The van der Waals surface area contributed by atoms with Crippen LogP contribution < -0.4 is 9.80 Å². The maximum atomic E-state index is 4.75. The van der Waals surface area contributed by atoms with Crippen molar-refractivity contribution in [1.29, 1.82) is 0 Å². The number of hydrogen-bond donors (Lipinski definition) is 0. The van der Waals surface area contributed by atoms with Gasteiger partial charge in [0.1, 0.15) is 4.83 Å². The van der Waals surface area contributed by atoms with Crippen LogP contribution in [0.2, 0.25) is 0 Å². The lowest BCUT2D eigenvalue weighted by molar-refractivity contribution is 0.590. The van der Waals surface area contributed by atoms with Crippen molar-refractivity contribution >= 4 is 135 Å². The molecule has 0 aliphatic rings. The van der Waals surface area contributed by atoms with Gasteiger partial charge in [0, 0.05) is 93.6 Å². The Labute approximate surface area is 397 Å². The van der Waals surface area contributed by atoms with Gasteiger partial charge in [-0.1, -0.05) is 114 Å². The van der Waals surface area contributed by atoms with Crippen LogP contribution in [0.15, 0.2) is 176 Å². The van der Waals surface area contributed by atoms with Crippen molar-refractivity contribution in [2.45, 2.75) is 52.4 Å². The van der Waals surface area contributed by atoms with E-state index >= 15 is 0 Å². The van der Waals surface area contributed by atoms with Gasteiger partial charge in [0.25, 0.3) is 0 Å². The predicted molar refractivity (Wildman–Crippen MR) is 289 cm³/mol. The lowest BCUT2D eigenvalue weighted by atomic mass is 9.87. The van der Waals surface area contributed by atoms with E-state index in [1.807, 2.05) is 47.2 Å². The minimum absolute atomic E-state index is 0.0589. The highest BCUT2D eigenvalue weighted by molar-refractivity contribution is 7.27. The molecular weight excluding hydrogens is 855 g/mol. The highest BCUT2D eigenvalue weighted by Crippen LogP contribution is 2.51. The summed E-state index contributed by atoms with van der Waals surface area (Å²) in [4.78, 5) is 15.5. The monoisotopic (exact) mass is 901 g/mol. The zero-order valence-corrected chi connectivity index (χ0v) is 39.9. The standard InChI is InChI=1S/C60H47N5S2/c1-59(2,3)38-16-22-40(23-17-38)63(42-20-14-36-10-8-30-61-50(36)32-42)44-26-28-46-52(34-44)67-58-54(46)48-12-7-13-49-55(48)65(58)56-47-29-27-45(35-53(47)66-57(49)56)64(41-24-18-39(19-25-41)60(4,5)6)43-21-15-37-11-9-31-62-51(37)33-43/h7-35H,1-6H3. The third kappa shape index (κ3) is 6.32. The molecule has 0 aliphatic heterocycles. The summed E-state index contributed by atoms with van der Waals surface area (Å²) in [6, 6.07) is 60.6. The van der Waals surface area contributed by atoms with E-state index in [0.717, 1.165) is 55.9 Å². The number of fused-ring (bicyclic) bond motifs is 12. The molecule has 0 radical (unpaired) electrons. The normalized spacial score (nSPS) is 12.6. The number of benzene rings is 7. The molecule has 7 heteroatoms. The molecule has 0 unspecified atom stereocenters. The van der Waals surface area contributed by atoms with Crippen LogP contribution in [-0.4, -0.2) is 14.4 Å². The molecule has 0 spiro atoms. The lowest BCUT2D eigenvalue weighted by Crippen LogP contribution is -2.13. The van der Waals surface area contributed by atoms with Gasteiger partial charge >= 0.3 is 0 Å². The molecule has 0 aliphatic carbocycles. The first kappa shape index (κ1) is 40.0.